The Morgan fingerprint density at radius 1 is 1.23 bits per heavy atom. The van der Waals surface area contributed by atoms with E-state index in [0.29, 0.717) is 5.56 Å². The van der Waals surface area contributed by atoms with Crippen LogP contribution < -0.4 is 10.2 Å². The van der Waals surface area contributed by atoms with E-state index in [2.05, 4.69) is 5.32 Å². The van der Waals surface area contributed by atoms with Gasteiger partial charge in [0.2, 0.25) is 5.91 Å². The molecule has 0 radical (unpaired) electrons. The number of carbonyl (C=O) groups is 3. The predicted octanol–water partition coefficient (Wildman–Crippen LogP) is 1.02. The van der Waals surface area contributed by atoms with E-state index in [1.165, 1.54) is 4.90 Å². The van der Waals surface area contributed by atoms with Crippen LogP contribution in [0.2, 0.25) is 0 Å². The lowest BCUT2D eigenvalue weighted by Crippen LogP contribution is -2.43. The molecular formula is C16H21N3O3. The van der Waals surface area contributed by atoms with E-state index < -0.39 is 6.04 Å². The Hall–Kier alpha value is -2.37. The zero-order chi connectivity index (χ0) is 16.4. The molecule has 1 aromatic rings. The first-order chi connectivity index (χ1) is 10.3. The summed E-state index contributed by atoms with van der Waals surface area (Å²) in [6.07, 6.45) is 0.0263. The highest BCUT2D eigenvalue weighted by Crippen LogP contribution is 2.17. The van der Waals surface area contributed by atoms with E-state index >= 15 is 0 Å². The largest absolute Gasteiger partial charge is 0.378 e. The third-order valence-corrected chi connectivity index (χ3v) is 3.65. The average molecular weight is 303 g/mol. The maximum Gasteiger partial charge on any atom is 0.252 e. The maximum atomic E-state index is 12.2. The normalized spacial score (nSPS) is 18.0. The van der Waals surface area contributed by atoms with Crippen molar-refractivity contribution in [3.05, 3.63) is 29.8 Å². The van der Waals surface area contributed by atoms with Crippen molar-refractivity contribution in [2.45, 2.75) is 32.4 Å². The van der Waals surface area contributed by atoms with Gasteiger partial charge >= 0.3 is 0 Å². The Morgan fingerprint density at radius 2 is 1.82 bits per heavy atom. The van der Waals surface area contributed by atoms with Crippen molar-refractivity contribution in [1.29, 1.82) is 0 Å². The maximum absolute atomic E-state index is 12.2. The molecule has 0 spiro atoms. The van der Waals surface area contributed by atoms with Gasteiger partial charge in [-0.15, -0.1) is 0 Å². The first-order valence-electron chi connectivity index (χ1n) is 7.25. The minimum Gasteiger partial charge on any atom is -0.378 e. The summed E-state index contributed by atoms with van der Waals surface area (Å²) >= 11 is 0. The van der Waals surface area contributed by atoms with Crippen molar-refractivity contribution in [3.63, 3.8) is 0 Å². The Balaban J connectivity index is 2.06. The van der Waals surface area contributed by atoms with Crippen molar-refractivity contribution < 1.29 is 14.4 Å². The number of rotatable bonds is 4. The van der Waals surface area contributed by atoms with Gasteiger partial charge in [-0.25, -0.2) is 0 Å². The molecule has 0 bridgehead atoms. The standard InChI is InChI=1S/C16H21N3O3/c1-10(2)19-14(20)9-13(16(19)22)17-15(21)11-5-7-12(8-6-11)18(3)4/h5-8,10,13H,9H2,1-4H3,(H,17,21)/t13-/m1/s1. The molecule has 2 rings (SSSR count). The van der Waals surface area contributed by atoms with E-state index in [1.54, 1.807) is 26.0 Å². The smallest absolute Gasteiger partial charge is 0.252 e. The molecule has 1 atom stereocenters. The predicted molar refractivity (Wildman–Crippen MR) is 83.6 cm³/mol. The van der Waals surface area contributed by atoms with Crippen LogP contribution in [-0.4, -0.2) is 48.8 Å². The molecule has 1 aromatic carbocycles. The van der Waals surface area contributed by atoms with Gasteiger partial charge in [0.1, 0.15) is 6.04 Å². The molecule has 0 aromatic heterocycles. The van der Waals surface area contributed by atoms with Crippen LogP contribution in [0.3, 0.4) is 0 Å². The van der Waals surface area contributed by atoms with Crippen LogP contribution in [0.25, 0.3) is 0 Å². The number of hydrogen-bond acceptors (Lipinski definition) is 4. The van der Waals surface area contributed by atoms with E-state index in [1.807, 2.05) is 31.1 Å². The van der Waals surface area contributed by atoms with Gasteiger partial charge in [0.05, 0.1) is 6.42 Å². The van der Waals surface area contributed by atoms with Gasteiger partial charge in [-0.3, -0.25) is 19.3 Å². The molecule has 22 heavy (non-hydrogen) atoms. The Kier molecular flexibility index (Phi) is 4.49. The average Bonchev–Trinajstić information content (AvgIpc) is 2.73. The molecule has 6 heteroatoms. The lowest BCUT2D eigenvalue weighted by atomic mass is 10.1. The summed E-state index contributed by atoms with van der Waals surface area (Å²) in [4.78, 5) is 39.3. The van der Waals surface area contributed by atoms with Crippen molar-refractivity contribution in [3.8, 4) is 0 Å². The van der Waals surface area contributed by atoms with Gasteiger partial charge in [0.25, 0.3) is 11.8 Å². The second kappa shape index (κ2) is 6.17. The van der Waals surface area contributed by atoms with Gasteiger partial charge in [0, 0.05) is 31.4 Å². The Labute approximate surface area is 130 Å². The number of carbonyl (C=O) groups excluding carboxylic acids is 3. The van der Waals surface area contributed by atoms with Gasteiger partial charge in [-0.1, -0.05) is 0 Å². The van der Waals surface area contributed by atoms with Gasteiger partial charge < -0.3 is 10.2 Å². The van der Waals surface area contributed by atoms with Crippen molar-refractivity contribution in [2.24, 2.45) is 0 Å². The fourth-order valence-corrected chi connectivity index (χ4v) is 2.46. The van der Waals surface area contributed by atoms with E-state index in [-0.39, 0.29) is 30.2 Å². The lowest BCUT2D eigenvalue weighted by molar-refractivity contribution is -0.140. The minimum atomic E-state index is -0.768. The highest BCUT2D eigenvalue weighted by atomic mass is 16.2. The topological polar surface area (TPSA) is 69.7 Å². The van der Waals surface area contributed by atoms with Gasteiger partial charge in [-0.2, -0.15) is 0 Å². The number of hydrogen-bond donors (Lipinski definition) is 1. The fourth-order valence-electron chi connectivity index (χ4n) is 2.46. The molecule has 0 unspecified atom stereocenters. The minimum absolute atomic E-state index is 0.0263. The molecule has 3 amide bonds. The van der Waals surface area contributed by atoms with Crippen LogP contribution >= 0.6 is 0 Å². The first-order valence-corrected chi connectivity index (χ1v) is 7.25. The summed E-state index contributed by atoms with van der Waals surface area (Å²) in [5.74, 6) is -0.923. The number of nitrogens with zero attached hydrogens (tertiary/aromatic N) is 2. The zero-order valence-electron chi connectivity index (χ0n) is 13.3. The van der Waals surface area contributed by atoms with Crippen molar-refractivity contribution in [2.75, 3.05) is 19.0 Å². The van der Waals surface area contributed by atoms with Crippen LogP contribution in [0.1, 0.15) is 30.6 Å². The number of amides is 3. The van der Waals surface area contributed by atoms with Crippen LogP contribution in [0.5, 0.6) is 0 Å². The number of likely N-dealkylation sites (tertiary alicyclic amines) is 1. The summed E-state index contributed by atoms with van der Waals surface area (Å²) in [5, 5.41) is 2.64. The molecule has 1 aliphatic rings. The Bertz CT molecular complexity index is 593. The molecule has 1 saturated heterocycles. The molecule has 1 fully saturated rings. The zero-order valence-corrected chi connectivity index (χ0v) is 13.3. The van der Waals surface area contributed by atoms with E-state index in [4.69, 9.17) is 0 Å². The Morgan fingerprint density at radius 3 is 2.27 bits per heavy atom. The monoisotopic (exact) mass is 303 g/mol. The van der Waals surface area contributed by atoms with Gasteiger partial charge in [-0.05, 0) is 38.1 Å². The van der Waals surface area contributed by atoms with E-state index in [0.717, 1.165) is 5.69 Å². The molecule has 0 aliphatic carbocycles. The molecule has 0 saturated carbocycles. The fraction of sp³-hybridized carbons (Fsp3) is 0.438. The van der Waals surface area contributed by atoms with Crippen molar-refractivity contribution >= 4 is 23.4 Å². The highest BCUT2D eigenvalue weighted by Gasteiger charge is 2.40. The summed E-state index contributed by atoms with van der Waals surface area (Å²) in [6, 6.07) is 6.10. The summed E-state index contributed by atoms with van der Waals surface area (Å²) < 4.78 is 0. The third-order valence-electron chi connectivity index (χ3n) is 3.65. The number of imide groups is 1. The second-order valence-corrected chi connectivity index (χ2v) is 5.87. The lowest BCUT2D eigenvalue weighted by Gasteiger charge is -2.19. The van der Waals surface area contributed by atoms with Crippen LogP contribution in [0, 0.1) is 0 Å². The van der Waals surface area contributed by atoms with Crippen LogP contribution in [0.4, 0.5) is 5.69 Å². The van der Waals surface area contributed by atoms with Crippen LogP contribution in [-0.2, 0) is 9.59 Å². The SMILES string of the molecule is CC(C)N1C(=O)C[C@@H](NC(=O)c2ccc(N(C)C)cc2)C1=O. The molecule has 1 N–H and O–H groups in total. The summed E-state index contributed by atoms with van der Waals surface area (Å²) in [6.45, 7) is 3.56. The molecule has 118 valence electrons. The number of benzene rings is 1. The van der Waals surface area contributed by atoms with E-state index in [9.17, 15) is 14.4 Å². The van der Waals surface area contributed by atoms with Crippen molar-refractivity contribution in [1.82, 2.24) is 10.2 Å². The summed E-state index contributed by atoms with van der Waals surface area (Å²) in [7, 11) is 3.83. The quantitative estimate of drug-likeness (QED) is 0.843. The van der Waals surface area contributed by atoms with Crippen LogP contribution in [0.15, 0.2) is 24.3 Å². The first kappa shape index (κ1) is 16.0. The highest BCUT2D eigenvalue weighted by molar-refractivity contribution is 6.08. The molecule has 1 aliphatic heterocycles. The number of anilines is 1. The second-order valence-electron chi connectivity index (χ2n) is 5.87. The third kappa shape index (κ3) is 3.10. The van der Waals surface area contributed by atoms with Gasteiger partial charge in [0.15, 0.2) is 0 Å². The summed E-state index contributed by atoms with van der Waals surface area (Å²) in [5.41, 5.74) is 1.45. The molecule has 6 nitrogen and oxygen atoms in total. The molecule has 1 heterocycles. The molecular weight excluding hydrogens is 282 g/mol. The number of nitrogens with one attached hydrogen (secondary N) is 1.